The van der Waals surface area contributed by atoms with E-state index >= 15 is 0 Å². The predicted octanol–water partition coefficient (Wildman–Crippen LogP) is 3.09. The SMILES string of the molecule is CC(C)c1ccc(-c2ccc(N3CCN(CC(=O)N4CCN(C5CCC5)CC4)CC3)nn2)cc1. The van der Waals surface area contributed by atoms with E-state index in [2.05, 4.69) is 80.0 Å². The Labute approximate surface area is 203 Å². The van der Waals surface area contributed by atoms with Crippen LogP contribution in [0.1, 0.15) is 44.6 Å². The van der Waals surface area contributed by atoms with E-state index in [0.717, 1.165) is 75.5 Å². The molecule has 0 N–H and O–H groups in total. The summed E-state index contributed by atoms with van der Waals surface area (Å²) in [6.45, 7) is 12.3. The average molecular weight is 463 g/mol. The molecule has 0 bridgehead atoms. The van der Waals surface area contributed by atoms with Gasteiger partial charge in [-0.1, -0.05) is 44.5 Å². The van der Waals surface area contributed by atoms with Crippen molar-refractivity contribution >= 4 is 11.7 Å². The van der Waals surface area contributed by atoms with Crippen LogP contribution in [0.15, 0.2) is 36.4 Å². The normalized spacial score (nSPS) is 20.6. The van der Waals surface area contributed by atoms with Gasteiger partial charge in [0.2, 0.25) is 5.91 Å². The van der Waals surface area contributed by atoms with Crippen LogP contribution >= 0.6 is 0 Å². The van der Waals surface area contributed by atoms with Gasteiger partial charge in [-0.15, -0.1) is 10.2 Å². The molecule has 1 aliphatic carbocycles. The molecule has 1 amide bonds. The third-order valence-corrected chi connectivity index (χ3v) is 7.84. The number of amides is 1. The molecule has 0 radical (unpaired) electrons. The van der Waals surface area contributed by atoms with Crippen LogP contribution in [0.2, 0.25) is 0 Å². The van der Waals surface area contributed by atoms with Crippen LogP contribution in [0, 0.1) is 0 Å². The molecule has 182 valence electrons. The number of nitrogens with zero attached hydrogens (tertiary/aromatic N) is 6. The summed E-state index contributed by atoms with van der Waals surface area (Å²) in [6.07, 6.45) is 4.06. The Morgan fingerprint density at radius 2 is 1.59 bits per heavy atom. The number of hydrogen-bond acceptors (Lipinski definition) is 6. The van der Waals surface area contributed by atoms with Crippen molar-refractivity contribution in [1.29, 1.82) is 0 Å². The van der Waals surface area contributed by atoms with Crippen LogP contribution in [0.5, 0.6) is 0 Å². The number of rotatable bonds is 6. The summed E-state index contributed by atoms with van der Waals surface area (Å²) in [7, 11) is 0. The fraction of sp³-hybridized carbons (Fsp3) is 0.593. The highest BCUT2D eigenvalue weighted by Gasteiger charge is 2.30. The minimum Gasteiger partial charge on any atom is -0.353 e. The number of hydrogen-bond donors (Lipinski definition) is 0. The van der Waals surface area contributed by atoms with Crippen molar-refractivity contribution in [3.05, 3.63) is 42.0 Å². The molecule has 2 saturated heterocycles. The summed E-state index contributed by atoms with van der Waals surface area (Å²) in [4.78, 5) is 22.1. The highest BCUT2D eigenvalue weighted by atomic mass is 16.2. The van der Waals surface area contributed by atoms with Crippen molar-refractivity contribution < 1.29 is 4.79 Å². The van der Waals surface area contributed by atoms with Gasteiger partial charge in [-0.25, -0.2) is 0 Å². The fourth-order valence-electron chi connectivity index (χ4n) is 5.20. The maximum absolute atomic E-state index is 12.8. The minimum absolute atomic E-state index is 0.286. The Morgan fingerprint density at radius 3 is 2.15 bits per heavy atom. The predicted molar refractivity (Wildman–Crippen MR) is 136 cm³/mol. The van der Waals surface area contributed by atoms with Gasteiger partial charge in [0, 0.05) is 64.0 Å². The Balaban J connectivity index is 1.08. The summed E-state index contributed by atoms with van der Waals surface area (Å²) in [5.74, 6) is 1.73. The quantitative estimate of drug-likeness (QED) is 0.658. The second-order valence-electron chi connectivity index (χ2n) is 10.3. The Kier molecular flexibility index (Phi) is 7.11. The highest BCUT2D eigenvalue weighted by Crippen LogP contribution is 2.26. The zero-order valence-electron chi connectivity index (χ0n) is 20.7. The zero-order chi connectivity index (χ0) is 23.5. The van der Waals surface area contributed by atoms with Crippen molar-refractivity contribution in [3.63, 3.8) is 0 Å². The summed E-state index contributed by atoms with van der Waals surface area (Å²) < 4.78 is 0. The number of carbonyl (C=O) groups excluding carboxylic acids is 1. The molecule has 34 heavy (non-hydrogen) atoms. The van der Waals surface area contributed by atoms with Gasteiger partial charge < -0.3 is 9.80 Å². The van der Waals surface area contributed by atoms with E-state index in [9.17, 15) is 4.79 Å². The number of aromatic nitrogens is 2. The first-order chi connectivity index (χ1) is 16.6. The first-order valence-corrected chi connectivity index (χ1v) is 13.0. The van der Waals surface area contributed by atoms with E-state index in [-0.39, 0.29) is 5.91 Å². The summed E-state index contributed by atoms with van der Waals surface area (Å²) in [5, 5.41) is 8.99. The first kappa shape index (κ1) is 23.2. The van der Waals surface area contributed by atoms with E-state index in [4.69, 9.17) is 0 Å². The largest absolute Gasteiger partial charge is 0.353 e. The van der Waals surface area contributed by atoms with Crippen LogP contribution in [0.25, 0.3) is 11.3 Å². The molecule has 2 aromatic rings. The van der Waals surface area contributed by atoms with Gasteiger partial charge in [-0.2, -0.15) is 0 Å². The van der Waals surface area contributed by atoms with Gasteiger partial charge in [-0.3, -0.25) is 14.6 Å². The molecule has 3 heterocycles. The Hall–Kier alpha value is -2.51. The smallest absolute Gasteiger partial charge is 0.236 e. The Morgan fingerprint density at radius 1 is 0.882 bits per heavy atom. The molecule has 1 aromatic heterocycles. The van der Waals surface area contributed by atoms with Gasteiger partial charge in [0.15, 0.2) is 5.82 Å². The third kappa shape index (κ3) is 5.26. The second-order valence-corrected chi connectivity index (χ2v) is 10.3. The lowest BCUT2D eigenvalue weighted by molar-refractivity contribution is -0.134. The molecule has 3 fully saturated rings. The van der Waals surface area contributed by atoms with E-state index in [1.165, 1.54) is 24.8 Å². The molecule has 2 aliphatic heterocycles. The number of carbonyl (C=O) groups is 1. The first-order valence-electron chi connectivity index (χ1n) is 13.0. The van der Waals surface area contributed by atoms with Crippen LogP contribution in [0.3, 0.4) is 0 Å². The topological polar surface area (TPSA) is 55.8 Å². The molecular weight excluding hydrogens is 424 g/mol. The van der Waals surface area contributed by atoms with Gasteiger partial charge in [0.05, 0.1) is 12.2 Å². The van der Waals surface area contributed by atoms with Crippen molar-refractivity contribution in [2.75, 3.05) is 63.8 Å². The van der Waals surface area contributed by atoms with Gasteiger partial charge in [0.1, 0.15) is 0 Å². The van der Waals surface area contributed by atoms with Gasteiger partial charge in [-0.05, 0) is 36.5 Å². The lowest BCUT2D eigenvalue weighted by Gasteiger charge is -2.43. The average Bonchev–Trinajstić information content (AvgIpc) is 2.84. The molecule has 3 aliphatic rings. The monoisotopic (exact) mass is 462 g/mol. The lowest BCUT2D eigenvalue weighted by Crippen LogP contribution is -2.56. The van der Waals surface area contributed by atoms with Gasteiger partial charge >= 0.3 is 0 Å². The fourth-order valence-corrected chi connectivity index (χ4v) is 5.20. The molecule has 0 atom stereocenters. The van der Waals surface area contributed by atoms with Crippen molar-refractivity contribution in [2.45, 2.75) is 45.1 Å². The lowest BCUT2D eigenvalue weighted by atomic mass is 9.91. The molecular formula is C27H38N6O. The molecule has 7 nitrogen and oxygen atoms in total. The van der Waals surface area contributed by atoms with E-state index in [1.807, 2.05) is 0 Å². The molecule has 1 saturated carbocycles. The third-order valence-electron chi connectivity index (χ3n) is 7.84. The summed E-state index contributed by atoms with van der Waals surface area (Å²) in [5.41, 5.74) is 3.33. The molecule has 5 rings (SSSR count). The number of anilines is 1. The molecule has 7 heteroatoms. The Bertz CT molecular complexity index is 940. The summed E-state index contributed by atoms with van der Waals surface area (Å²) in [6, 6.07) is 13.5. The number of benzene rings is 1. The van der Waals surface area contributed by atoms with Crippen LogP contribution in [-0.4, -0.2) is 95.7 Å². The molecule has 0 spiro atoms. The number of piperazine rings is 2. The minimum atomic E-state index is 0.286. The van der Waals surface area contributed by atoms with E-state index in [1.54, 1.807) is 0 Å². The van der Waals surface area contributed by atoms with E-state index in [0.29, 0.717) is 12.5 Å². The van der Waals surface area contributed by atoms with Crippen molar-refractivity contribution in [1.82, 2.24) is 24.9 Å². The van der Waals surface area contributed by atoms with Crippen molar-refractivity contribution in [2.24, 2.45) is 0 Å². The zero-order valence-corrected chi connectivity index (χ0v) is 20.7. The maximum atomic E-state index is 12.8. The van der Waals surface area contributed by atoms with E-state index < -0.39 is 0 Å². The van der Waals surface area contributed by atoms with Crippen LogP contribution in [0.4, 0.5) is 5.82 Å². The van der Waals surface area contributed by atoms with Crippen molar-refractivity contribution in [3.8, 4) is 11.3 Å². The standard InChI is InChI=1S/C27H38N6O/c1-21(2)22-6-8-23(9-7-22)25-10-11-26(29-28-25)32-14-12-30(13-15-32)20-27(34)33-18-16-31(17-19-33)24-4-3-5-24/h6-11,21,24H,3-5,12-20H2,1-2H3. The van der Waals surface area contributed by atoms with Gasteiger partial charge in [0.25, 0.3) is 0 Å². The maximum Gasteiger partial charge on any atom is 0.236 e. The molecule has 1 aromatic carbocycles. The summed E-state index contributed by atoms with van der Waals surface area (Å²) >= 11 is 0. The van der Waals surface area contributed by atoms with Crippen LogP contribution < -0.4 is 4.90 Å². The van der Waals surface area contributed by atoms with Crippen LogP contribution in [-0.2, 0) is 4.79 Å². The second kappa shape index (κ2) is 10.4. The molecule has 0 unspecified atom stereocenters. The highest BCUT2D eigenvalue weighted by molar-refractivity contribution is 5.78.